The fourth-order valence-corrected chi connectivity index (χ4v) is 2.18. The van der Waals surface area contributed by atoms with Gasteiger partial charge in [-0.1, -0.05) is 13.3 Å². The third kappa shape index (κ3) is 2.42. The van der Waals surface area contributed by atoms with Crippen molar-refractivity contribution >= 4 is 0 Å². The Morgan fingerprint density at radius 3 is 2.11 bits per heavy atom. The van der Waals surface area contributed by atoms with E-state index in [0.717, 1.165) is 19.3 Å². The van der Waals surface area contributed by atoms with Gasteiger partial charge in [0.25, 0.3) is 11.9 Å². The predicted octanol–water partition coefficient (Wildman–Crippen LogP) is 3.60. The molecule has 1 aromatic rings. The number of aromatic nitrogens is 1. The second-order valence-corrected chi connectivity index (χ2v) is 4.57. The van der Waals surface area contributed by atoms with E-state index in [4.69, 9.17) is 4.74 Å². The summed E-state index contributed by atoms with van der Waals surface area (Å²) in [4.78, 5) is 2.48. The van der Waals surface area contributed by atoms with Crippen molar-refractivity contribution in [3.8, 4) is 5.75 Å². The summed E-state index contributed by atoms with van der Waals surface area (Å²) in [5, 5.41) is 0. The molecule has 1 heterocycles. The third-order valence-electron chi connectivity index (χ3n) is 3.26. The quantitative estimate of drug-likeness (QED) is 0.601. The van der Waals surface area contributed by atoms with Crippen molar-refractivity contribution in [3.05, 3.63) is 23.5 Å². The van der Waals surface area contributed by atoms with E-state index in [-0.39, 0.29) is 5.92 Å². The van der Waals surface area contributed by atoms with Crippen LogP contribution in [0.2, 0.25) is 0 Å². The molecule has 0 aliphatic heterocycles. The first-order chi connectivity index (χ1) is 8.50. The van der Waals surface area contributed by atoms with Crippen LogP contribution in [-0.2, 0) is 0 Å². The molecule has 2 unspecified atom stereocenters. The van der Waals surface area contributed by atoms with Crippen molar-refractivity contribution in [1.29, 1.82) is 0 Å². The summed E-state index contributed by atoms with van der Waals surface area (Å²) in [7, 11) is 0. The molecule has 2 atom stereocenters. The fourth-order valence-electron chi connectivity index (χ4n) is 2.18. The van der Waals surface area contributed by atoms with Crippen LogP contribution >= 0.6 is 0 Å². The summed E-state index contributed by atoms with van der Waals surface area (Å²) >= 11 is 0. The Labute approximate surface area is 102 Å². The molecule has 1 saturated carbocycles. The SMILES string of the molecule is CC1CCCCC1Oc1c(F)c(F)nc(F)c1F. The highest BCUT2D eigenvalue weighted by atomic mass is 19.2. The van der Waals surface area contributed by atoms with Crippen LogP contribution in [0.4, 0.5) is 17.6 Å². The first-order valence-electron chi connectivity index (χ1n) is 5.87. The second-order valence-electron chi connectivity index (χ2n) is 4.57. The normalized spacial score (nSPS) is 24.1. The summed E-state index contributed by atoms with van der Waals surface area (Å²) in [5.74, 6) is -7.44. The van der Waals surface area contributed by atoms with Crippen molar-refractivity contribution in [2.75, 3.05) is 0 Å². The summed E-state index contributed by atoms with van der Waals surface area (Å²) in [6.07, 6.45) is 2.94. The van der Waals surface area contributed by atoms with Gasteiger partial charge in [-0.05, 0) is 25.2 Å². The molecular formula is C12H13F4NO. The average molecular weight is 263 g/mol. The van der Waals surface area contributed by atoms with Gasteiger partial charge in [0.05, 0.1) is 0 Å². The number of pyridine rings is 1. The van der Waals surface area contributed by atoms with Crippen LogP contribution in [0.15, 0.2) is 0 Å². The number of nitrogens with zero attached hydrogens (tertiary/aromatic N) is 1. The maximum atomic E-state index is 13.4. The predicted molar refractivity (Wildman–Crippen MR) is 56.1 cm³/mol. The van der Waals surface area contributed by atoms with Gasteiger partial charge in [0.2, 0.25) is 17.4 Å². The molecule has 0 aromatic carbocycles. The van der Waals surface area contributed by atoms with Gasteiger partial charge in [-0.3, -0.25) is 0 Å². The fraction of sp³-hybridized carbons (Fsp3) is 0.583. The molecule has 100 valence electrons. The van der Waals surface area contributed by atoms with Gasteiger partial charge in [0, 0.05) is 0 Å². The maximum Gasteiger partial charge on any atom is 0.255 e. The number of rotatable bonds is 2. The third-order valence-corrected chi connectivity index (χ3v) is 3.26. The molecule has 1 aromatic heterocycles. The lowest BCUT2D eigenvalue weighted by Gasteiger charge is -2.29. The number of ether oxygens (including phenoxy) is 1. The smallest absolute Gasteiger partial charge is 0.255 e. The van der Waals surface area contributed by atoms with Gasteiger partial charge in [-0.25, -0.2) is 0 Å². The standard InChI is InChI=1S/C12H13F4NO/c1-6-4-2-3-5-7(6)18-10-8(13)11(15)17-12(16)9(10)14/h6-7H,2-5H2,1H3. The molecule has 2 nitrogen and oxygen atoms in total. The van der Waals surface area contributed by atoms with Crippen LogP contribution < -0.4 is 4.74 Å². The van der Waals surface area contributed by atoms with Crippen LogP contribution in [0.25, 0.3) is 0 Å². The molecule has 1 aliphatic carbocycles. The van der Waals surface area contributed by atoms with Crippen molar-refractivity contribution in [2.24, 2.45) is 5.92 Å². The Balaban J connectivity index is 2.28. The molecule has 0 radical (unpaired) electrons. The molecule has 6 heteroatoms. The van der Waals surface area contributed by atoms with Gasteiger partial charge in [-0.15, -0.1) is 0 Å². The highest BCUT2D eigenvalue weighted by molar-refractivity contribution is 5.24. The minimum atomic E-state index is -1.69. The zero-order chi connectivity index (χ0) is 13.3. The lowest BCUT2D eigenvalue weighted by atomic mass is 9.88. The largest absolute Gasteiger partial charge is 0.484 e. The molecule has 0 bridgehead atoms. The Hall–Kier alpha value is -1.33. The van der Waals surface area contributed by atoms with Gasteiger partial charge in [0.15, 0.2) is 0 Å². The molecule has 18 heavy (non-hydrogen) atoms. The maximum absolute atomic E-state index is 13.4. The Morgan fingerprint density at radius 2 is 1.56 bits per heavy atom. The van der Waals surface area contributed by atoms with E-state index in [9.17, 15) is 17.6 Å². The Bertz CT molecular complexity index is 426. The van der Waals surface area contributed by atoms with Crippen LogP contribution in [-0.4, -0.2) is 11.1 Å². The molecule has 1 aliphatic rings. The molecule has 0 amide bonds. The minimum Gasteiger partial charge on any atom is -0.484 e. The van der Waals surface area contributed by atoms with E-state index in [1.165, 1.54) is 0 Å². The van der Waals surface area contributed by atoms with Crippen LogP contribution in [0.3, 0.4) is 0 Å². The monoisotopic (exact) mass is 263 g/mol. The minimum absolute atomic E-state index is 0.0943. The van der Waals surface area contributed by atoms with E-state index in [2.05, 4.69) is 4.98 Å². The van der Waals surface area contributed by atoms with Crippen LogP contribution in [0.1, 0.15) is 32.6 Å². The highest BCUT2D eigenvalue weighted by Gasteiger charge is 2.28. The summed E-state index contributed by atoms with van der Waals surface area (Å²) in [5.41, 5.74) is 0. The molecule has 0 N–H and O–H groups in total. The van der Waals surface area contributed by atoms with E-state index in [1.54, 1.807) is 0 Å². The lowest BCUT2D eigenvalue weighted by molar-refractivity contribution is 0.0901. The Kier molecular flexibility index (Phi) is 3.73. The van der Waals surface area contributed by atoms with Crippen LogP contribution in [0, 0.1) is 29.4 Å². The first kappa shape index (κ1) is 13.1. The zero-order valence-electron chi connectivity index (χ0n) is 9.85. The number of halogens is 4. The van der Waals surface area contributed by atoms with E-state index in [1.807, 2.05) is 6.92 Å². The van der Waals surface area contributed by atoms with Gasteiger partial charge >= 0.3 is 0 Å². The van der Waals surface area contributed by atoms with Crippen molar-refractivity contribution < 1.29 is 22.3 Å². The zero-order valence-corrected chi connectivity index (χ0v) is 9.85. The van der Waals surface area contributed by atoms with Crippen molar-refractivity contribution in [1.82, 2.24) is 4.98 Å². The summed E-state index contributed by atoms with van der Waals surface area (Å²) in [6.45, 7) is 1.88. The van der Waals surface area contributed by atoms with Gasteiger partial charge < -0.3 is 4.74 Å². The molecule has 0 saturated heterocycles. The topological polar surface area (TPSA) is 22.1 Å². The second kappa shape index (κ2) is 5.12. The summed E-state index contributed by atoms with van der Waals surface area (Å²) < 4.78 is 57.6. The molecule has 1 fully saturated rings. The van der Waals surface area contributed by atoms with Crippen molar-refractivity contribution in [3.63, 3.8) is 0 Å². The summed E-state index contributed by atoms with van der Waals surface area (Å²) in [6, 6.07) is 0. The first-order valence-corrected chi connectivity index (χ1v) is 5.87. The number of hydrogen-bond acceptors (Lipinski definition) is 2. The average Bonchev–Trinajstić information content (AvgIpc) is 2.34. The van der Waals surface area contributed by atoms with E-state index >= 15 is 0 Å². The van der Waals surface area contributed by atoms with Gasteiger partial charge in [-0.2, -0.15) is 22.5 Å². The molecule has 2 rings (SSSR count). The van der Waals surface area contributed by atoms with Crippen molar-refractivity contribution in [2.45, 2.75) is 38.7 Å². The Morgan fingerprint density at radius 1 is 1.00 bits per heavy atom. The van der Waals surface area contributed by atoms with Crippen LogP contribution in [0.5, 0.6) is 5.75 Å². The lowest BCUT2D eigenvalue weighted by Crippen LogP contribution is -2.29. The molecular weight excluding hydrogens is 250 g/mol. The number of hydrogen-bond donors (Lipinski definition) is 0. The molecule has 0 spiro atoms. The van der Waals surface area contributed by atoms with E-state index < -0.39 is 35.4 Å². The van der Waals surface area contributed by atoms with Gasteiger partial charge in [0.1, 0.15) is 6.10 Å². The highest BCUT2D eigenvalue weighted by Crippen LogP contribution is 2.31. The van der Waals surface area contributed by atoms with E-state index in [0.29, 0.717) is 6.42 Å².